The van der Waals surface area contributed by atoms with E-state index in [1.165, 1.54) is 12.1 Å². The number of rotatable bonds is 5. The lowest BCUT2D eigenvalue weighted by atomic mass is 9.79. The van der Waals surface area contributed by atoms with Gasteiger partial charge in [-0.05, 0) is 67.0 Å². The van der Waals surface area contributed by atoms with Crippen molar-refractivity contribution >= 4 is 0 Å². The van der Waals surface area contributed by atoms with Crippen molar-refractivity contribution < 1.29 is 35.5 Å². The Balaban J connectivity index is 1.58. The molecule has 0 aromatic heterocycles. The lowest BCUT2D eigenvalue weighted by Gasteiger charge is -2.26. The van der Waals surface area contributed by atoms with Crippen LogP contribution in [0.2, 0.25) is 0 Å². The molecule has 2 aliphatic carbocycles. The highest BCUT2D eigenvalue weighted by molar-refractivity contribution is 5.65. The molecule has 2 aromatic carbocycles. The van der Waals surface area contributed by atoms with E-state index < -0.39 is 53.3 Å². The fourth-order valence-corrected chi connectivity index (χ4v) is 4.75. The lowest BCUT2D eigenvalue weighted by molar-refractivity contribution is -0.267. The molecule has 0 aliphatic heterocycles. The molecule has 2 aromatic rings. The average molecular weight is 498 g/mol. The van der Waals surface area contributed by atoms with Crippen LogP contribution < -0.4 is 0 Å². The van der Waals surface area contributed by atoms with Crippen molar-refractivity contribution in [2.75, 3.05) is 0 Å². The van der Waals surface area contributed by atoms with Gasteiger partial charge in [0.25, 0.3) is 0 Å². The van der Waals surface area contributed by atoms with Gasteiger partial charge in [0.05, 0.1) is 6.10 Å². The third-order valence-corrected chi connectivity index (χ3v) is 6.90. The van der Waals surface area contributed by atoms with Crippen LogP contribution in [0.3, 0.4) is 0 Å². The number of hydrogen-bond acceptors (Lipinski definition) is 1. The number of alkyl halides is 2. The number of benzene rings is 2. The second-order valence-corrected chi connectivity index (χ2v) is 9.43. The highest BCUT2D eigenvalue weighted by Crippen LogP contribution is 2.41. The molecule has 188 valence electrons. The monoisotopic (exact) mass is 498 g/mol. The Morgan fingerprint density at radius 2 is 1.49 bits per heavy atom. The summed E-state index contributed by atoms with van der Waals surface area (Å²) in [7, 11) is 0. The first-order valence-corrected chi connectivity index (χ1v) is 11.5. The normalized spacial score (nSPS) is 23.5. The van der Waals surface area contributed by atoms with Crippen LogP contribution in [-0.4, -0.2) is 6.10 Å². The second kappa shape index (κ2) is 9.80. The van der Waals surface area contributed by atoms with E-state index in [0.29, 0.717) is 24.1 Å². The smallest absolute Gasteiger partial charge is 0.308 e. The van der Waals surface area contributed by atoms with Crippen LogP contribution in [0.4, 0.5) is 30.7 Å². The summed E-state index contributed by atoms with van der Waals surface area (Å²) >= 11 is 0. The predicted octanol–water partition coefficient (Wildman–Crippen LogP) is 9.00. The maximum atomic E-state index is 14.9. The SMILES string of the molecule is CC1=C(F)CC(OC(F)(F)c2c(F)cc(-c3ccc(C4CCC(C)CC4)cc3F)cc2F)C=C1F. The maximum Gasteiger partial charge on any atom is 0.389 e. The van der Waals surface area contributed by atoms with E-state index in [2.05, 4.69) is 11.7 Å². The van der Waals surface area contributed by atoms with E-state index in [1.807, 2.05) is 0 Å². The lowest BCUT2D eigenvalue weighted by Crippen LogP contribution is -2.28. The molecule has 0 N–H and O–H groups in total. The summed E-state index contributed by atoms with van der Waals surface area (Å²) in [6.07, 6.45) is -2.45. The van der Waals surface area contributed by atoms with E-state index in [1.54, 1.807) is 6.07 Å². The summed E-state index contributed by atoms with van der Waals surface area (Å²) in [6, 6.07) is 5.59. The molecule has 0 amide bonds. The molecule has 0 saturated heterocycles. The fraction of sp³-hybridized carbons (Fsp3) is 0.407. The molecule has 35 heavy (non-hydrogen) atoms. The minimum atomic E-state index is -4.53. The number of halogens is 7. The van der Waals surface area contributed by atoms with Crippen molar-refractivity contribution in [3.63, 3.8) is 0 Å². The van der Waals surface area contributed by atoms with E-state index in [-0.39, 0.29) is 22.6 Å². The first-order valence-electron chi connectivity index (χ1n) is 11.5. The molecule has 4 rings (SSSR count). The fourth-order valence-electron chi connectivity index (χ4n) is 4.75. The molecule has 1 nitrogen and oxygen atoms in total. The Bertz CT molecular complexity index is 1150. The van der Waals surface area contributed by atoms with E-state index in [4.69, 9.17) is 0 Å². The molecular formula is C27H25F7O. The maximum absolute atomic E-state index is 14.9. The van der Waals surface area contributed by atoms with Gasteiger partial charge in [-0.15, -0.1) is 0 Å². The van der Waals surface area contributed by atoms with Gasteiger partial charge < -0.3 is 4.74 Å². The minimum Gasteiger partial charge on any atom is -0.308 e. The van der Waals surface area contributed by atoms with Gasteiger partial charge in [0.2, 0.25) is 0 Å². The third kappa shape index (κ3) is 5.32. The Morgan fingerprint density at radius 1 is 0.857 bits per heavy atom. The number of hydrogen-bond donors (Lipinski definition) is 0. The first kappa shape index (κ1) is 25.5. The molecule has 0 spiro atoms. The van der Waals surface area contributed by atoms with E-state index in [0.717, 1.165) is 38.2 Å². The third-order valence-electron chi connectivity index (χ3n) is 6.90. The predicted molar refractivity (Wildman–Crippen MR) is 119 cm³/mol. The summed E-state index contributed by atoms with van der Waals surface area (Å²) in [4.78, 5) is 0. The van der Waals surface area contributed by atoms with Gasteiger partial charge in [0.1, 0.15) is 34.7 Å². The van der Waals surface area contributed by atoms with Gasteiger partial charge >= 0.3 is 6.11 Å². The largest absolute Gasteiger partial charge is 0.389 e. The molecule has 1 unspecified atom stereocenters. The summed E-state index contributed by atoms with van der Waals surface area (Å²) < 4.78 is 105. The zero-order valence-electron chi connectivity index (χ0n) is 19.3. The summed E-state index contributed by atoms with van der Waals surface area (Å²) in [5.74, 6) is -5.31. The van der Waals surface area contributed by atoms with Gasteiger partial charge in [0.15, 0.2) is 0 Å². The Morgan fingerprint density at radius 3 is 2.06 bits per heavy atom. The van der Waals surface area contributed by atoms with Crippen molar-refractivity contribution in [2.24, 2.45) is 5.92 Å². The summed E-state index contributed by atoms with van der Waals surface area (Å²) in [6.45, 7) is 3.30. The van der Waals surface area contributed by atoms with Gasteiger partial charge in [-0.1, -0.05) is 31.9 Å². The van der Waals surface area contributed by atoms with Crippen molar-refractivity contribution in [3.05, 3.63) is 82.2 Å². The molecule has 0 bridgehead atoms. The van der Waals surface area contributed by atoms with Crippen LogP contribution in [0.15, 0.2) is 53.6 Å². The Labute approximate surface area is 199 Å². The van der Waals surface area contributed by atoms with Crippen LogP contribution in [0.25, 0.3) is 11.1 Å². The van der Waals surface area contributed by atoms with Crippen molar-refractivity contribution in [2.45, 2.75) is 64.1 Å². The van der Waals surface area contributed by atoms with Gasteiger partial charge in [0, 0.05) is 17.6 Å². The summed E-state index contributed by atoms with van der Waals surface area (Å²) in [5.41, 5.74) is -1.66. The summed E-state index contributed by atoms with van der Waals surface area (Å²) in [5, 5.41) is 0. The minimum absolute atomic E-state index is 0.133. The molecule has 1 atom stereocenters. The van der Waals surface area contributed by atoms with Crippen LogP contribution in [-0.2, 0) is 10.8 Å². The Hall–Kier alpha value is -2.61. The zero-order chi connectivity index (χ0) is 25.5. The van der Waals surface area contributed by atoms with Gasteiger partial charge in [-0.3, -0.25) is 0 Å². The Kier molecular flexibility index (Phi) is 7.13. The van der Waals surface area contributed by atoms with Crippen LogP contribution >= 0.6 is 0 Å². The molecule has 2 aliphatic rings. The molecule has 1 fully saturated rings. The van der Waals surface area contributed by atoms with Crippen LogP contribution in [0.1, 0.15) is 63.0 Å². The topological polar surface area (TPSA) is 9.23 Å². The van der Waals surface area contributed by atoms with Gasteiger partial charge in [-0.2, -0.15) is 8.78 Å². The van der Waals surface area contributed by atoms with Crippen molar-refractivity contribution in [1.29, 1.82) is 0 Å². The zero-order valence-corrected chi connectivity index (χ0v) is 19.3. The quantitative estimate of drug-likeness (QED) is 0.374. The van der Waals surface area contributed by atoms with Gasteiger partial charge in [-0.25, -0.2) is 22.0 Å². The standard InChI is InChI=1S/C27H25F7O/c1-14-3-5-16(6-4-14)17-7-8-20(23(30)9-17)18-10-24(31)26(25(32)11-18)27(33,34)35-19-12-21(28)15(2)22(29)13-19/h7-12,14,16,19H,3-6,13H2,1-2H3. The molecule has 0 radical (unpaired) electrons. The van der Waals surface area contributed by atoms with Crippen molar-refractivity contribution in [3.8, 4) is 11.1 Å². The van der Waals surface area contributed by atoms with E-state index in [9.17, 15) is 30.7 Å². The van der Waals surface area contributed by atoms with E-state index >= 15 is 0 Å². The number of allylic oxidation sites excluding steroid dienone is 2. The first-order chi connectivity index (χ1) is 16.5. The van der Waals surface area contributed by atoms with Crippen LogP contribution in [0.5, 0.6) is 0 Å². The van der Waals surface area contributed by atoms with Crippen molar-refractivity contribution in [1.82, 2.24) is 0 Å². The molecule has 8 heteroatoms. The highest BCUT2D eigenvalue weighted by Gasteiger charge is 2.42. The second-order valence-electron chi connectivity index (χ2n) is 9.43. The molecule has 1 saturated carbocycles. The van der Waals surface area contributed by atoms with Crippen LogP contribution in [0, 0.1) is 23.4 Å². The molecular weight excluding hydrogens is 473 g/mol. The number of ether oxygens (including phenoxy) is 1. The molecule has 0 heterocycles. The average Bonchev–Trinajstić information content (AvgIpc) is 2.76. The highest BCUT2D eigenvalue weighted by atomic mass is 19.3.